The van der Waals surface area contributed by atoms with Crippen molar-refractivity contribution in [3.63, 3.8) is 0 Å². The fraction of sp³-hybridized carbons (Fsp3) is 0.600. The molecule has 2 rings (SSSR count). The van der Waals surface area contributed by atoms with Gasteiger partial charge in [0.05, 0.1) is 0 Å². The summed E-state index contributed by atoms with van der Waals surface area (Å²) in [5.41, 5.74) is -0.165. The number of aromatic nitrogens is 1. The van der Waals surface area contributed by atoms with Crippen LogP contribution in [-0.4, -0.2) is 28.0 Å². The van der Waals surface area contributed by atoms with Crippen LogP contribution in [0.25, 0.3) is 0 Å². The number of amides is 1. The average molecular weight is 277 g/mol. The van der Waals surface area contributed by atoms with Gasteiger partial charge < -0.3 is 15.6 Å². The Bertz CT molecular complexity index is 544. The minimum absolute atomic E-state index is 0.0389. The van der Waals surface area contributed by atoms with Gasteiger partial charge in [-0.15, -0.1) is 0 Å². The summed E-state index contributed by atoms with van der Waals surface area (Å²) in [5.74, 6) is -0.301. The molecule has 1 aliphatic heterocycles. The van der Waals surface area contributed by atoms with Crippen LogP contribution in [0.3, 0.4) is 0 Å². The van der Waals surface area contributed by atoms with Crippen molar-refractivity contribution in [2.75, 3.05) is 0 Å². The SMILES string of the molecule is CC1(C)CC(NC(=O)c2c[nH]ccc2=O)CC(C)(C)N1. The molecule has 0 atom stereocenters. The van der Waals surface area contributed by atoms with Crippen molar-refractivity contribution in [1.82, 2.24) is 15.6 Å². The molecule has 1 amide bonds. The lowest BCUT2D eigenvalue weighted by Crippen LogP contribution is -2.62. The van der Waals surface area contributed by atoms with Crippen molar-refractivity contribution < 1.29 is 4.79 Å². The molecule has 0 bridgehead atoms. The molecule has 0 saturated carbocycles. The Kier molecular flexibility index (Phi) is 3.73. The minimum atomic E-state index is -0.301. The van der Waals surface area contributed by atoms with E-state index in [9.17, 15) is 9.59 Å². The second-order valence-electron chi connectivity index (χ2n) is 6.89. The largest absolute Gasteiger partial charge is 0.367 e. The normalized spacial score (nSPS) is 21.4. The lowest BCUT2D eigenvalue weighted by molar-refractivity contribution is 0.0872. The molecular formula is C15H23N3O2. The summed E-state index contributed by atoms with van der Waals surface area (Å²) in [4.78, 5) is 26.6. The fourth-order valence-electron chi connectivity index (χ4n) is 3.28. The van der Waals surface area contributed by atoms with Crippen LogP contribution in [0.15, 0.2) is 23.3 Å². The molecule has 0 unspecified atom stereocenters. The Morgan fingerprint density at radius 2 is 1.85 bits per heavy atom. The Balaban J connectivity index is 2.12. The summed E-state index contributed by atoms with van der Waals surface area (Å²) in [6, 6.07) is 1.43. The number of rotatable bonds is 2. The number of carbonyl (C=O) groups is 1. The molecule has 1 aromatic rings. The Morgan fingerprint density at radius 3 is 2.40 bits per heavy atom. The van der Waals surface area contributed by atoms with Crippen LogP contribution < -0.4 is 16.1 Å². The van der Waals surface area contributed by atoms with Crippen LogP contribution >= 0.6 is 0 Å². The number of pyridine rings is 1. The highest BCUT2D eigenvalue weighted by Gasteiger charge is 2.38. The first-order valence-electron chi connectivity index (χ1n) is 6.96. The summed E-state index contributed by atoms with van der Waals surface area (Å²) in [7, 11) is 0. The van der Waals surface area contributed by atoms with Crippen LogP contribution in [0, 0.1) is 0 Å². The van der Waals surface area contributed by atoms with Crippen LogP contribution in [0.4, 0.5) is 0 Å². The highest BCUT2D eigenvalue weighted by Crippen LogP contribution is 2.28. The van der Waals surface area contributed by atoms with Crippen molar-refractivity contribution >= 4 is 5.91 Å². The topological polar surface area (TPSA) is 74.0 Å². The van der Waals surface area contributed by atoms with E-state index in [0.29, 0.717) is 0 Å². The zero-order valence-corrected chi connectivity index (χ0v) is 12.5. The smallest absolute Gasteiger partial charge is 0.256 e. The molecule has 1 aliphatic rings. The minimum Gasteiger partial charge on any atom is -0.367 e. The standard InChI is InChI=1S/C15H23N3O2/c1-14(2)7-10(8-15(3,4)18-14)17-13(20)11-9-16-6-5-12(11)19/h5-6,9-10,18H,7-8H2,1-4H3,(H,16,19)(H,17,20). The van der Waals surface area contributed by atoms with Gasteiger partial charge in [-0.05, 0) is 40.5 Å². The van der Waals surface area contributed by atoms with Gasteiger partial charge in [-0.3, -0.25) is 9.59 Å². The number of hydrogen-bond acceptors (Lipinski definition) is 3. The quantitative estimate of drug-likeness (QED) is 0.765. The van der Waals surface area contributed by atoms with Crippen molar-refractivity contribution in [1.29, 1.82) is 0 Å². The van der Waals surface area contributed by atoms with E-state index in [1.807, 2.05) is 0 Å². The number of hydrogen-bond donors (Lipinski definition) is 3. The molecule has 1 aromatic heterocycles. The lowest BCUT2D eigenvalue weighted by atomic mass is 9.79. The van der Waals surface area contributed by atoms with E-state index >= 15 is 0 Å². The van der Waals surface area contributed by atoms with Crippen molar-refractivity contribution in [2.45, 2.75) is 57.7 Å². The predicted octanol–water partition coefficient (Wildman–Crippen LogP) is 1.41. The van der Waals surface area contributed by atoms with E-state index in [1.165, 1.54) is 18.5 Å². The number of piperidine rings is 1. The molecule has 0 spiro atoms. The van der Waals surface area contributed by atoms with E-state index < -0.39 is 0 Å². The van der Waals surface area contributed by atoms with Crippen molar-refractivity contribution in [3.05, 3.63) is 34.2 Å². The van der Waals surface area contributed by atoms with Gasteiger partial charge in [0.1, 0.15) is 5.56 Å². The first-order valence-corrected chi connectivity index (χ1v) is 6.96. The molecule has 1 fully saturated rings. The summed E-state index contributed by atoms with van der Waals surface area (Å²) in [5, 5.41) is 6.56. The molecule has 5 heteroatoms. The van der Waals surface area contributed by atoms with Crippen LogP contribution in [0.2, 0.25) is 0 Å². The van der Waals surface area contributed by atoms with Crippen molar-refractivity contribution in [2.24, 2.45) is 0 Å². The molecule has 0 aromatic carbocycles. The first-order chi connectivity index (χ1) is 9.19. The summed E-state index contributed by atoms with van der Waals surface area (Å²) >= 11 is 0. The zero-order chi connectivity index (χ0) is 15.0. The average Bonchev–Trinajstić information content (AvgIpc) is 2.24. The van der Waals surface area contributed by atoms with Crippen molar-refractivity contribution in [3.8, 4) is 0 Å². The number of H-pyrrole nitrogens is 1. The Labute approximate surface area is 119 Å². The van der Waals surface area contributed by atoms with Crippen LogP contribution in [0.1, 0.15) is 50.9 Å². The molecule has 110 valence electrons. The maximum atomic E-state index is 12.2. The van der Waals surface area contributed by atoms with E-state index in [2.05, 4.69) is 43.3 Å². The molecule has 2 heterocycles. The lowest BCUT2D eigenvalue weighted by Gasteiger charge is -2.46. The van der Waals surface area contributed by atoms with Gasteiger partial charge >= 0.3 is 0 Å². The fourth-order valence-corrected chi connectivity index (χ4v) is 3.28. The van der Waals surface area contributed by atoms with Gasteiger partial charge in [0.25, 0.3) is 5.91 Å². The third kappa shape index (κ3) is 3.48. The van der Waals surface area contributed by atoms with Gasteiger partial charge in [0.2, 0.25) is 0 Å². The van der Waals surface area contributed by atoms with Gasteiger partial charge in [0, 0.05) is 35.6 Å². The second kappa shape index (κ2) is 5.05. The zero-order valence-electron chi connectivity index (χ0n) is 12.5. The molecule has 3 N–H and O–H groups in total. The molecule has 20 heavy (non-hydrogen) atoms. The Morgan fingerprint density at radius 1 is 1.25 bits per heavy atom. The maximum Gasteiger partial charge on any atom is 0.256 e. The van der Waals surface area contributed by atoms with Gasteiger partial charge in [0.15, 0.2) is 5.43 Å². The Hall–Kier alpha value is -1.62. The summed E-state index contributed by atoms with van der Waals surface area (Å²) in [6.45, 7) is 8.51. The molecule has 1 saturated heterocycles. The highest BCUT2D eigenvalue weighted by atomic mass is 16.2. The van der Waals surface area contributed by atoms with E-state index in [-0.39, 0.29) is 34.0 Å². The summed E-state index contributed by atoms with van der Waals surface area (Å²) in [6.07, 6.45) is 4.66. The van der Waals surface area contributed by atoms with Gasteiger partial charge in [-0.25, -0.2) is 0 Å². The van der Waals surface area contributed by atoms with Crippen LogP contribution in [0.5, 0.6) is 0 Å². The third-order valence-corrected chi connectivity index (χ3v) is 3.59. The van der Waals surface area contributed by atoms with E-state index in [4.69, 9.17) is 0 Å². The molecular weight excluding hydrogens is 254 g/mol. The second-order valence-corrected chi connectivity index (χ2v) is 6.89. The van der Waals surface area contributed by atoms with E-state index in [1.54, 1.807) is 0 Å². The number of aromatic amines is 1. The van der Waals surface area contributed by atoms with E-state index in [0.717, 1.165) is 12.8 Å². The monoisotopic (exact) mass is 277 g/mol. The predicted molar refractivity (Wildman–Crippen MR) is 78.8 cm³/mol. The van der Waals surface area contributed by atoms with Crippen LogP contribution in [-0.2, 0) is 0 Å². The number of nitrogens with one attached hydrogen (secondary N) is 3. The maximum absolute atomic E-state index is 12.2. The third-order valence-electron chi connectivity index (χ3n) is 3.59. The summed E-state index contributed by atoms with van der Waals surface area (Å²) < 4.78 is 0. The van der Waals surface area contributed by atoms with Gasteiger partial charge in [-0.1, -0.05) is 0 Å². The molecule has 0 radical (unpaired) electrons. The molecule has 5 nitrogen and oxygen atoms in total. The number of carbonyl (C=O) groups excluding carboxylic acids is 1. The first kappa shape index (κ1) is 14.8. The molecule has 0 aliphatic carbocycles. The van der Waals surface area contributed by atoms with Gasteiger partial charge in [-0.2, -0.15) is 0 Å². The highest BCUT2D eigenvalue weighted by molar-refractivity contribution is 5.93.